The van der Waals surface area contributed by atoms with Crippen LogP contribution >= 0.6 is 0 Å². The van der Waals surface area contributed by atoms with E-state index in [1.165, 1.54) is 0 Å². The Kier molecular flexibility index (Phi) is 5.84. The predicted molar refractivity (Wildman–Crippen MR) is 92.8 cm³/mol. The van der Waals surface area contributed by atoms with Gasteiger partial charge in [-0.1, -0.05) is 57.0 Å². The van der Waals surface area contributed by atoms with E-state index in [9.17, 15) is 13.2 Å². The lowest BCUT2D eigenvalue weighted by Gasteiger charge is -2.32. The highest BCUT2D eigenvalue weighted by Gasteiger charge is 2.33. The molecule has 0 heterocycles. The fourth-order valence-electron chi connectivity index (χ4n) is 3.50. The lowest BCUT2D eigenvalue weighted by Crippen LogP contribution is -2.39. The molecule has 1 amide bonds. The standard InChI is InChI=1S/C18H27NO3S/c1-14(2)18(15-9-5-4-6-10-15)19(3)17(20)13-23(21,22)16-11-7-8-12-16/h4-6,9-10,14,16,18H,7-8,11-13H2,1-3H3/t18-/m1/s1. The van der Waals surface area contributed by atoms with Crippen molar-refractivity contribution in [2.45, 2.75) is 50.8 Å². The summed E-state index contributed by atoms with van der Waals surface area (Å²) < 4.78 is 24.9. The molecule has 0 bridgehead atoms. The van der Waals surface area contributed by atoms with Crippen LogP contribution in [-0.4, -0.2) is 37.3 Å². The fourth-order valence-corrected chi connectivity index (χ4v) is 5.34. The smallest absolute Gasteiger partial charge is 0.238 e. The van der Waals surface area contributed by atoms with Crippen LogP contribution in [0.5, 0.6) is 0 Å². The van der Waals surface area contributed by atoms with Crippen molar-refractivity contribution in [2.24, 2.45) is 5.92 Å². The topological polar surface area (TPSA) is 54.5 Å². The molecule has 0 saturated heterocycles. The highest BCUT2D eigenvalue weighted by molar-refractivity contribution is 7.92. The van der Waals surface area contributed by atoms with Gasteiger partial charge in [-0.25, -0.2) is 8.42 Å². The number of hydrogen-bond donors (Lipinski definition) is 0. The van der Waals surface area contributed by atoms with Crippen molar-refractivity contribution in [3.05, 3.63) is 35.9 Å². The summed E-state index contributed by atoms with van der Waals surface area (Å²) in [6.45, 7) is 4.10. The third-order valence-electron chi connectivity index (χ3n) is 4.72. The number of carbonyl (C=O) groups is 1. The second-order valence-corrected chi connectivity index (χ2v) is 9.10. The van der Waals surface area contributed by atoms with Gasteiger partial charge in [-0.2, -0.15) is 0 Å². The Hall–Kier alpha value is -1.36. The first-order chi connectivity index (χ1) is 10.8. The Morgan fingerprint density at radius 1 is 1.17 bits per heavy atom. The molecular weight excluding hydrogens is 310 g/mol. The molecule has 128 valence electrons. The molecule has 0 radical (unpaired) electrons. The van der Waals surface area contributed by atoms with Gasteiger partial charge in [0.15, 0.2) is 9.84 Å². The molecule has 1 aliphatic rings. The Morgan fingerprint density at radius 2 is 1.74 bits per heavy atom. The molecule has 0 aromatic heterocycles. The molecule has 1 saturated carbocycles. The summed E-state index contributed by atoms with van der Waals surface area (Å²) in [4.78, 5) is 14.2. The molecule has 5 heteroatoms. The molecule has 0 N–H and O–H groups in total. The first-order valence-electron chi connectivity index (χ1n) is 8.35. The van der Waals surface area contributed by atoms with Gasteiger partial charge in [0.2, 0.25) is 5.91 Å². The second-order valence-electron chi connectivity index (χ2n) is 6.82. The lowest BCUT2D eigenvalue weighted by molar-refractivity contribution is -0.130. The van der Waals surface area contributed by atoms with Gasteiger partial charge in [0, 0.05) is 7.05 Å². The van der Waals surface area contributed by atoms with Gasteiger partial charge in [0.1, 0.15) is 5.75 Å². The normalized spacial score (nSPS) is 17.4. The van der Waals surface area contributed by atoms with Gasteiger partial charge in [-0.3, -0.25) is 4.79 Å². The molecule has 0 aliphatic heterocycles. The average molecular weight is 337 g/mol. The summed E-state index contributed by atoms with van der Waals surface area (Å²) in [6.07, 6.45) is 3.30. The minimum atomic E-state index is -3.34. The Morgan fingerprint density at radius 3 is 2.26 bits per heavy atom. The zero-order valence-corrected chi connectivity index (χ0v) is 15.1. The summed E-state index contributed by atoms with van der Waals surface area (Å²) >= 11 is 0. The molecule has 4 nitrogen and oxygen atoms in total. The molecule has 1 aromatic carbocycles. The summed E-state index contributed by atoms with van der Waals surface area (Å²) in [7, 11) is -1.62. The number of amides is 1. The number of rotatable bonds is 6. The number of benzene rings is 1. The Balaban J connectivity index is 2.13. The van der Waals surface area contributed by atoms with Gasteiger partial charge in [-0.05, 0) is 24.3 Å². The van der Waals surface area contributed by atoms with E-state index in [2.05, 4.69) is 0 Å². The summed E-state index contributed by atoms with van der Waals surface area (Å²) in [5, 5.41) is -0.325. The van der Waals surface area contributed by atoms with Crippen LogP contribution in [0.1, 0.15) is 51.1 Å². The maximum Gasteiger partial charge on any atom is 0.238 e. The predicted octanol–water partition coefficient (Wildman–Crippen LogP) is 3.20. The third-order valence-corrected chi connectivity index (χ3v) is 6.85. The minimum Gasteiger partial charge on any atom is -0.338 e. The van der Waals surface area contributed by atoms with Gasteiger partial charge in [0.05, 0.1) is 11.3 Å². The van der Waals surface area contributed by atoms with Crippen molar-refractivity contribution in [3.63, 3.8) is 0 Å². The van der Waals surface area contributed by atoms with E-state index in [0.29, 0.717) is 12.8 Å². The van der Waals surface area contributed by atoms with Crippen LogP contribution in [0.15, 0.2) is 30.3 Å². The molecule has 2 rings (SSSR count). The quantitative estimate of drug-likeness (QED) is 0.801. The van der Waals surface area contributed by atoms with E-state index in [1.807, 2.05) is 44.2 Å². The molecule has 0 spiro atoms. The fraction of sp³-hybridized carbons (Fsp3) is 0.611. The van der Waals surface area contributed by atoms with Gasteiger partial charge < -0.3 is 4.90 Å². The number of nitrogens with zero attached hydrogens (tertiary/aromatic N) is 1. The van der Waals surface area contributed by atoms with Crippen molar-refractivity contribution in [3.8, 4) is 0 Å². The first kappa shape index (κ1) is 18.0. The van der Waals surface area contributed by atoms with E-state index >= 15 is 0 Å². The summed E-state index contributed by atoms with van der Waals surface area (Å²) in [5.74, 6) is -0.468. The van der Waals surface area contributed by atoms with Crippen LogP contribution in [0.3, 0.4) is 0 Å². The van der Waals surface area contributed by atoms with Crippen LogP contribution in [-0.2, 0) is 14.6 Å². The van der Waals surface area contributed by atoms with E-state index in [1.54, 1.807) is 11.9 Å². The monoisotopic (exact) mass is 337 g/mol. The average Bonchev–Trinajstić information content (AvgIpc) is 3.02. The number of carbonyl (C=O) groups excluding carboxylic acids is 1. The van der Waals surface area contributed by atoms with Gasteiger partial charge in [-0.15, -0.1) is 0 Å². The van der Waals surface area contributed by atoms with Crippen molar-refractivity contribution in [1.82, 2.24) is 4.90 Å². The zero-order chi connectivity index (χ0) is 17.0. The highest BCUT2D eigenvalue weighted by Crippen LogP contribution is 2.29. The molecule has 0 unspecified atom stereocenters. The van der Waals surface area contributed by atoms with E-state index in [0.717, 1.165) is 18.4 Å². The Bertz CT molecular complexity index is 619. The van der Waals surface area contributed by atoms with E-state index in [4.69, 9.17) is 0 Å². The number of hydrogen-bond acceptors (Lipinski definition) is 3. The lowest BCUT2D eigenvalue weighted by atomic mass is 9.95. The maximum absolute atomic E-state index is 12.6. The van der Waals surface area contributed by atoms with Crippen LogP contribution in [0, 0.1) is 5.92 Å². The van der Waals surface area contributed by atoms with Crippen LogP contribution in [0.4, 0.5) is 0 Å². The van der Waals surface area contributed by atoms with Crippen molar-refractivity contribution in [1.29, 1.82) is 0 Å². The van der Waals surface area contributed by atoms with Gasteiger partial charge >= 0.3 is 0 Å². The van der Waals surface area contributed by atoms with Crippen LogP contribution in [0.25, 0.3) is 0 Å². The SMILES string of the molecule is CC(C)[C@H](c1ccccc1)N(C)C(=O)CS(=O)(=O)C1CCCC1. The second kappa shape index (κ2) is 7.47. The van der Waals surface area contributed by atoms with Crippen molar-refractivity contribution < 1.29 is 13.2 Å². The summed E-state index contributed by atoms with van der Waals surface area (Å²) in [5.41, 5.74) is 1.04. The summed E-state index contributed by atoms with van der Waals surface area (Å²) in [6, 6.07) is 9.69. The largest absolute Gasteiger partial charge is 0.338 e. The minimum absolute atomic E-state index is 0.109. The molecule has 1 aliphatic carbocycles. The third kappa shape index (κ3) is 4.34. The zero-order valence-electron chi connectivity index (χ0n) is 14.2. The molecule has 1 atom stereocenters. The maximum atomic E-state index is 12.6. The van der Waals surface area contributed by atoms with Crippen LogP contribution in [0.2, 0.25) is 0 Å². The molecular formula is C18H27NO3S. The molecule has 1 aromatic rings. The van der Waals surface area contributed by atoms with Crippen LogP contribution < -0.4 is 0 Å². The van der Waals surface area contributed by atoms with Crippen molar-refractivity contribution in [2.75, 3.05) is 12.8 Å². The van der Waals surface area contributed by atoms with E-state index < -0.39 is 9.84 Å². The van der Waals surface area contributed by atoms with E-state index in [-0.39, 0.29) is 28.9 Å². The highest BCUT2D eigenvalue weighted by atomic mass is 32.2. The molecule has 23 heavy (non-hydrogen) atoms. The Labute approximate surface area is 139 Å². The number of sulfone groups is 1. The van der Waals surface area contributed by atoms with Crippen molar-refractivity contribution >= 4 is 15.7 Å². The molecule has 1 fully saturated rings. The first-order valence-corrected chi connectivity index (χ1v) is 10.1. The van der Waals surface area contributed by atoms with Gasteiger partial charge in [0.25, 0.3) is 0 Å².